The number of aromatic nitrogens is 3. The van der Waals surface area contributed by atoms with E-state index in [9.17, 15) is 0 Å². The van der Waals surface area contributed by atoms with Crippen LogP contribution in [0.3, 0.4) is 0 Å². The van der Waals surface area contributed by atoms with E-state index >= 15 is 0 Å². The fourth-order valence-electron chi connectivity index (χ4n) is 1.77. The van der Waals surface area contributed by atoms with Gasteiger partial charge in [-0.15, -0.1) is 0 Å². The molecule has 0 fully saturated rings. The van der Waals surface area contributed by atoms with Gasteiger partial charge >= 0.3 is 0 Å². The van der Waals surface area contributed by atoms with Crippen molar-refractivity contribution in [2.45, 2.75) is 34.2 Å². The molecule has 0 radical (unpaired) electrons. The predicted octanol–water partition coefficient (Wildman–Crippen LogP) is 3.45. The summed E-state index contributed by atoms with van der Waals surface area (Å²) in [4.78, 5) is 7.66. The summed E-state index contributed by atoms with van der Waals surface area (Å²) < 4.78 is 2.83. The average molecular weight is 235 g/mol. The molecule has 0 unspecified atom stereocenters. The average Bonchev–Trinajstić information content (AvgIpc) is 2.40. The van der Waals surface area contributed by atoms with Crippen LogP contribution in [0.2, 0.25) is 0 Å². The maximum Gasteiger partial charge on any atom is 0.179 e. The lowest BCUT2D eigenvalue weighted by Gasteiger charge is -2.18. The normalized spacial score (nSPS) is 12.2. The summed E-state index contributed by atoms with van der Waals surface area (Å²) >= 11 is 5.33. The zero-order valence-corrected chi connectivity index (χ0v) is 11.0. The van der Waals surface area contributed by atoms with Crippen molar-refractivity contribution in [3.8, 4) is 0 Å². The Morgan fingerprint density at radius 1 is 1.44 bits per heavy atom. The first kappa shape index (κ1) is 11.3. The zero-order chi connectivity index (χ0) is 11.9. The molecule has 3 nitrogen and oxygen atoms in total. The van der Waals surface area contributed by atoms with Gasteiger partial charge in [0.05, 0.1) is 5.52 Å². The van der Waals surface area contributed by atoms with Crippen LogP contribution >= 0.6 is 12.2 Å². The molecule has 0 spiro atoms. The number of nitrogens with zero attached hydrogens (tertiary/aromatic N) is 2. The zero-order valence-electron chi connectivity index (χ0n) is 10.2. The molecular weight excluding hydrogens is 218 g/mol. The first-order valence-electron chi connectivity index (χ1n) is 5.42. The smallest absolute Gasteiger partial charge is 0.179 e. The Labute approximate surface area is 101 Å². The first-order valence-corrected chi connectivity index (χ1v) is 5.83. The molecule has 2 aromatic heterocycles. The second-order valence-electron chi connectivity index (χ2n) is 5.46. The molecule has 0 aliphatic heterocycles. The van der Waals surface area contributed by atoms with Gasteiger partial charge < -0.3 is 9.55 Å². The van der Waals surface area contributed by atoms with E-state index in [4.69, 9.17) is 12.2 Å². The summed E-state index contributed by atoms with van der Waals surface area (Å²) in [7, 11) is 0. The topological polar surface area (TPSA) is 33.6 Å². The van der Waals surface area contributed by atoms with E-state index in [1.54, 1.807) is 0 Å². The molecule has 0 aliphatic carbocycles. The van der Waals surface area contributed by atoms with Crippen LogP contribution in [-0.2, 0) is 6.54 Å². The van der Waals surface area contributed by atoms with Crippen LogP contribution in [0.25, 0.3) is 11.2 Å². The minimum Gasteiger partial charge on any atom is -0.329 e. The summed E-state index contributed by atoms with van der Waals surface area (Å²) in [6.45, 7) is 9.50. The second kappa shape index (κ2) is 3.70. The number of nitrogens with one attached hydrogen (secondary N) is 1. The van der Waals surface area contributed by atoms with Crippen LogP contribution < -0.4 is 0 Å². The monoisotopic (exact) mass is 235 g/mol. The Kier molecular flexibility index (Phi) is 2.62. The second-order valence-corrected chi connectivity index (χ2v) is 5.85. The molecule has 4 heteroatoms. The highest BCUT2D eigenvalue weighted by Gasteiger charge is 2.14. The van der Waals surface area contributed by atoms with Crippen molar-refractivity contribution in [2.24, 2.45) is 5.41 Å². The van der Waals surface area contributed by atoms with Crippen molar-refractivity contribution < 1.29 is 0 Å². The van der Waals surface area contributed by atoms with Crippen molar-refractivity contribution in [1.82, 2.24) is 14.5 Å². The van der Waals surface area contributed by atoms with E-state index in [1.807, 2.05) is 13.1 Å². The van der Waals surface area contributed by atoms with Crippen molar-refractivity contribution in [3.63, 3.8) is 0 Å². The van der Waals surface area contributed by atoms with Crippen molar-refractivity contribution in [3.05, 3.63) is 22.6 Å². The van der Waals surface area contributed by atoms with E-state index in [0.717, 1.165) is 28.0 Å². The van der Waals surface area contributed by atoms with E-state index in [1.165, 1.54) is 0 Å². The van der Waals surface area contributed by atoms with Crippen molar-refractivity contribution in [2.75, 3.05) is 0 Å². The van der Waals surface area contributed by atoms with Gasteiger partial charge in [-0.1, -0.05) is 20.8 Å². The maximum atomic E-state index is 5.33. The van der Waals surface area contributed by atoms with Gasteiger partial charge in [0.15, 0.2) is 10.4 Å². The SMILES string of the molecule is Cc1cnc2c(c1)[nH]c(=S)n2CC(C)(C)C. The van der Waals surface area contributed by atoms with Gasteiger partial charge in [-0.25, -0.2) is 4.98 Å². The molecule has 0 aromatic carbocycles. The molecule has 0 saturated carbocycles. The van der Waals surface area contributed by atoms with E-state index in [0.29, 0.717) is 0 Å². The van der Waals surface area contributed by atoms with Crippen LogP contribution in [0.15, 0.2) is 12.3 Å². The van der Waals surface area contributed by atoms with Gasteiger partial charge in [-0.2, -0.15) is 0 Å². The molecule has 0 bridgehead atoms. The van der Waals surface area contributed by atoms with Gasteiger partial charge in [0.1, 0.15) is 0 Å². The lowest BCUT2D eigenvalue weighted by atomic mass is 9.97. The summed E-state index contributed by atoms with van der Waals surface area (Å²) in [5, 5.41) is 0. The first-order chi connectivity index (χ1) is 7.37. The highest BCUT2D eigenvalue weighted by atomic mass is 32.1. The number of hydrogen-bond donors (Lipinski definition) is 1. The van der Waals surface area contributed by atoms with E-state index in [2.05, 4.69) is 41.4 Å². The number of hydrogen-bond acceptors (Lipinski definition) is 2. The van der Waals surface area contributed by atoms with Crippen molar-refractivity contribution in [1.29, 1.82) is 0 Å². The molecule has 86 valence electrons. The van der Waals surface area contributed by atoms with Crippen LogP contribution in [0.5, 0.6) is 0 Å². The summed E-state index contributed by atoms with van der Waals surface area (Å²) in [5.74, 6) is 0. The van der Waals surface area contributed by atoms with Crippen LogP contribution in [0.4, 0.5) is 0 Å². The molecule has 0 saturated heterocycles. The van der Waals surface area contributed by atoms with E-state index < -0.39 is 0 Å². The van der Waals surface area contributed by atoms with Gasteiger partial charge in [0.25, 0.3) is 0 Å². The van der Waals surface area contributed by atoms with Gasteiger partial charge in [0, 0.05) is 12.7 Å². The molecule has 0 atom stereocenters. The largest absolute Gasteiger partial charge is 0.329 e. The third-order valence-electron chi connectivity index (χ3n) is 2.38. The van der Waals surface area contributed by atoms with Crippen molar-refractivity contribution >= 4 is 23.4 Å². The number of aryl methyl sites for hydroxylation is 1. The van der Waals surface area contributed by atoms with Crippen LogP contribution in [0.1, 0.15) is 26.3 Å². The molecular formula is C12H17N3S. The van der Waals surface area contributed by atoms with Crippen LogP contribution in [0, 0.1) is 17.1 Å². The minimum absolute atomic E-state index is 0.194. The Hall–Kier alpha value is -1.16. The fraction of sp³-hybridized carbons (Fsp3) is 0.500. The van der Waals surface area contributed by atoms with Gasteiger partial charge in [-0.3, -0.25) is 0 Å². The quantitative estimate of drug-likeness (QED) is 0.768. The Morgan fingerprint density at radius 2 is 2.12 bits per heavy atom. The Balaban J connectivity index is 2.61. The maximum absolute atomic E-state index is 5.33. The molecule has 0 aliphatic rings. The number of rotatable bonds is 1. The molecule has 16 heavy (non-hydrogen) atoms. The number of pyridine rings is 1. The molecule has 2 aromatic rings. The summed E-state index contributed by atoms with van der Waals surface area (Å²) in [6, 6.07) is 2.08. The highest BCUT2D eigenvalue weighted by Crippen LogP contribution is 2.20. The Morgan fingerprint density at radius 3 is 2.75 bits per heavy atom. The number of fused-ring (bicyclic) bond motifs is 1. The van der Waals surface area contributed by atoms with Gasteiger partial charge in [-0.05, 0) is 36.2 Å². The van der Waals surface area contributed by atoms with Gasteiger partial charge in [0.2, 0.25) is 0 Å². The number of aromatic amines is 1. The number of imidazole rings is 1. The number of H-pyrrole nitrogens is 1. The lowest BCUT2D eigenvalue weighted by molar-refractivity contribution is 0.345. The Bertz CT molecular complexity index is 572. The van der Waals surface area contributed by atoms with E-state index in [-0.39, 0.29) is 5.41 Å². The lowest BCUT2D eigenvalue weighted by Crippen LogP contribution is -2.15. The summed E-state index contributed by atoms with van der Waals surface area (Å²) in [6.07, 6.45) is 1.88. The molecule has 2 heterocycles. The molecule has 2 rings (SSSR count). The molecule has 0 amide bonds. The summed E-state index contributed by atoms with van der Waals surface area (Å²) in [5.41, 5.74) is 3.31. The molecule has 1 N–H and O–H groups in total. The van der Waals surface area contributed by atoms with Crippen LogP contribution in [-0.4, -0.2) is 14.5 Å². The third-order valence-corrected chi connectivity index (χ3v) is 2.70. The predicted molar refractivity (Wildman–Crippen MR) is 69.1 cm³/mol. The fourth-order valence-corrected chi connectivity index (χ4v) is 2.03. The minimum atomic E-state index is 0.194. The highest BCUT2D eigenvalue weighted by molar-refractivity contribution is 7.71. The third kappa shape index (κ3) is 2.16. The standard InChI is InChI=1S/C12H17N3S/c1-8-5-9-10(13-6-8)15(11(16)14-9)7-12(2,3)4/h5-6H,7H2,1-4H3,(H,14,16).